The van der Waals surface area contributed by atoms with Gasteiger partial charge in [0.2, 0.25) is 5.88 Å². The SMILES string of the molecule is CCCCCCCCc1ccc(-c2nccc(OC(F)(F)CCCCCCC)n2)cc1. The minimum Gasteiger partial charge on any atom is -0.415 e. The summed E-state index contributed by atoms with van der Waals surface area (Å²) < 4.78 is 33.2. The van der Waals surface area contributed by atoms with Crippen LogP contribution >= 0.6 is 0 Å². The summed E-state index contributed by atoms with van der Waals surface area (Å²) in [5, 5.41) is 0. The van der Waals surface area contributed by atoms with Gasteiger partial charge in [0, 0.05) is 17.8 Å². The van der Waals surface area contributed by atoms with Gasteiger partial charge < -0.3 is 4.74 Å². The maximum atomic E-state index is 14.1. The highest BCUT2D eigenvalue weighted by Gasteiger charge is 2.31. The molecule has 1 aromatic heterocycles. The Morgan fingerprint density at radius 2 is 1.39 bits per heavy atom. The van der Waals surface area contributed by atoms with Gasteiger partial charge >= 0.3 is 6.11 Å². The van der Waals surface area contributed by atoms with Gasteiger partial charge in [0.15, 0.2) is 5.82 Å². The van der Waals surface area contributed by atoms with Crippen LogP contribution in [0, 0.1) is 0 Å². The molecule has 0 unspecified atom stereocenters. The minimum absolute atomic E-state index is 0.0836. The van der Waals surface area contributed by atoms with Crippen LogP contribution in [0.4, 0.5) is 8.78 Å². The van der Waals surface area contributed by atoms with E-state index in [1.165, 1.54) is 56.4 Å². The Labute approximate surface area is 186 Å². The molecular formula is C26H38F2N2O. The van der Waals surface area contributed by atoms with Crippen molar-refractivity contribution < 1.29 is 13.5 Å². The first-order chi connectivity index (χ1) is 15.0. The molecule has 0 radical (unpaired) electrons. The van der Waals surface area contributed by atoms with E-state index in [1.54, 1.807) is 0 Å². The van der Waals surface area contributed by atoms with Crippen LogP contribution in [0.15, 0.2) is 36.5 Å². The van der Waals surface area contributed by atoms with E-state index < -0.39 is 6.11 Å². The quantitative estimate of drug-likeness (QED) is 0.250. The van der Waals surface area contributed by atoms with Gasteiger partial charge in [0.25, 0.3) is 0 Å². The molecule has 0 bridgehead atoms. The van der Waals surface area contributed by atoms with Crippen molar-refractivity contribution in [2.24, 2.45) is 0 Å². The first kappa shape index (κ1) is 25.2. The highest BCUT2D eigenvalue weighted by molar-refractivity contribution is 5.55. The summed E-state index contributed by atoms with van der Waals surface area (Å²) in [5.41, 5.74) is 2.08. The lowest BCUT2D eigenvalue weighted by atomic mass is 10.0. The maximum absolute atomic E-state index is 14.1. The average Bonchev–Trinajstić information content (AvgIpc) is 2.76. The van der Waals surface area contributed by atoms with E-state index in [2.05, 4.69) is 35.9 Å². The van der Waals surface area contributed by atoms with Crippen LogP contribution in [0.5, 0.6) is 5.88 Å². The number of rotatable bonds is 16. The number of aryl methyl sites for hydroxylation is 1. The van der Waals surface area contributed by atoms with E-state index in [0.717, 1.165) is 37.7 Å². The molecule has 2 aromatic rings. The molecule has 0 amide bonds. The highest BCUT2D eigenvalue weighted by atomic mass is 19.3. The molecule has 5 heteroatoms. The smallest absolute Gasteiger partial charge is 0.398 e. The molecule has 172 valence electrons. The third-order valence-electron chi connectivity index (χ3n) is 5.49. The van der Waals surface area contributed by atoms with Crippen molar-refractivity contribution in [3.8, 4) is 17.3 Å². The number of alkyl halides is 2. The van der Waals surface area contributed by atoms with Crippen LogP contribution in [-0.2, 0) is 6.42 Å². The number of ether oxygens (including phenoxy) is 1. The van der Waals surface area contributed by atoms with Gasteiger partial charge in [-0.3, -0.25) is 0 Å². The summed E-state index contributed by atoms with van der Waals surface area (Å²) in [6.07, 6.45) is 11.1. The number of hydrogen-bond donors (Lipinski definition) is 0. The van der Waals surface area contributed by atoms with Gasteiger partial charge in [0.1, 0.15) is 0 Å². The molecule has 31 heavy (non-hydrogen) atoms. The lowest BCUT2D eigenvalue weighted by Gasteiger charge is -2.17. The molecule has 0 saturated carbocycles. The summed E-state index contributed by atoms with van der Waals surface area (Å²) in [6, 6.07) is 9.45. The van der Waals surface area contributed by atoms with Crippen molar-refractivity contribution in [2.75, 3.05) is 0 Å². The lowest BCUT2D eigenvalue weighted by Crippen LogP contribution is -2.25. The van der Waals surface area contributed by atoms with E-state index in [1.807, 2.05) is 12.1 Å². The molecule has 3 nitrogen and oxygen atoms in total. The minimum atomic E-state index is -3.21. The fraction of sp³-hybridized carbons (Fsp3) is 0.615. The van der Waals surface area contributed by atoms with E-state index in [4.69, 9.17) is 4.74 Å². The predicted molar refractivity (Wildman–Crippen MR) is 123 cm³/mol. The van der Waals surface area contributed by atoms with Gasteiger partial charge in [-0.25, -0.2) is 4.98 Å². The van der Waals surface area contributed by atoms with Crippen LogP contribution in [0.1, 0.15) is 96.5 Å². The maximum Gasteiger partial charge on any atom is 0.398 e. The molecule has 0 fully saturated rings. The fourth-order valence-electron chi connectivity index (χ4n) is 3.61. The Hall–Kier alpha value is -2.04. The molecule has 1 aromatic carbocycles. The molecule has 0 aliphatic rings. The van der Waals surface area contributed by atoms with Crippen LogP contribution in [0.25, 0.3) is 11.4 Å². The van der Waals surface area contributed by atoms with Gasteiger partial charge in [0.05, 0.1) is 6.42 Å². The van der Waals surface area contributed by atoms with Crippen molar-refractivity contribution in [1.82, 2.24) is 9.97 Å². The van der Waals surface area contributed by atoms with Crippen molar-refractivity contribution in [3.05, 3.63) is 42.1 Å². The molecule has 0 atom stereocenters. The number of halogens is 2. The number of nitrogens with zero attached hydrogens (tertiary/aromatic N) is 2. The molecular weight excluding hydrogens is 394 g/mol. The van der Waals surface area contributed by atoms with Crippen molar-refractivity contribution in [2.45, 2.75) is 103 Å². The van der Waals surface area contributed by atoms with Gasteiger partial charge in [-0.2, -0.15) is 13.8 Å². The number of benzene rings is 1. The summed E-state index contributed by atoms with van der Waals surface area (Å²) in [7, 11) is 0. The molecule has 0 aliphatic heterocycles. The fourth-order valence-corrected chi connectivity index (χ4v) is 3.61. The van der Waals surface area contributed by atoms with Crippen molar-refractivity contribution >= 4 is 0 Å². The Bertz CT molecular complexity index is 734. The molecule has 0 N–H and O–H groups in total. The number of unbranched alkanes of at least 4 members (excludes halogenated alkanes) is 9. The average molecular weight is 433 g/mol. The van der Waals surface area contributed by atoms with E-state index >= 15 is 0 Å². The largest absolute Gasteiger partial charge is 0.415 e. The second kappa shape index (κ2) is 14.1. The first-order valence-corrected chi connectivity index (χ1v) is 12.0. The third-order valence-corrected chi connectivity index (χ3v) is 5.49. The van der Waals surface area contributed by atoms with Gasteiger partial charge in [-0.05, 0) is 24.8 Å². The summed E-state index contributed by atoms with van der Waals surface area (Å²) in [5.74, 6) is 0.321. The molecule has 1 heterocycles. The molecule has 0 saturated heterocycles. The molecule has 0 aliphatic carbocycles. The Morgan fingerprint density at radius 3 is 2.06 bits per heavy atom. The Kier molecular flexibility index (Phi) is 11.5. The van der Waals surface area contributed by atoms with Gasteiger partial charge in [-0.1, -0.05) is 95.9 Å². The van der Waals surface area contributed by atoms with E-state index in [-0.39, 0.29) is 12.3 Å². The topological polar surface area (TPSA) is 35.0 Å². The van der Waals surface area contributed by atoms with Crippen LogP contribution < -0.4 is 4.74 Å². The van der Waals surface area contributed by atoms with Crippen LogP contribution in [0.3, 0.4) is 0 Å². The third kappa shape index (κ3) is 10.2. The molecule has 2 rings (SSSR count). The normalized spacial score (nSPS) is 11.6. The van der Waals surface area contributed by atoms with E-state index in [0.29, 0.717) is 12.2 Å². The zero-order chi connectivity index (χ0) is 22.4. The second-order valence-electron chi connectivity index (χ2n) is 8.34. The van der Waals surface area contributed by atoms with Crippen molar-refractivity contribution in [1.29, 1.82) is 0 Å². The summed E-state index contributed by atoms with van der Waals surface area (Å²) >= 11 is 0. The monoisotopic (exact) mass is 432 g/mol. The standard InChI is InChI=1S/C26H38F2N2O/c1-3-5-7-9-10-12-14-22-15-17-23(18-16-22)25-29-21-19-24(30-25)31-26(27,28)20-13-11-8-6-4-2/h15-19,21H,3-14,20H2,1-2H3. The second-order valence-corrected chi connectivity index (χ2v) is 8.34. The zero-order valence-electron chi connectivity index (χ0n) is 19.2. The van der Waals surface area contributed by atoms with Crippen LogP contribution in [0.2, 0.25) is 0 Å². The van der Waals surface area contributed by atoms with Crippen molar-refractivity contribution in [3.63, 3.8) is 0 Å². The number of aromatic nitrogens is 2. The summed E-state index contributed by atoms with van der Waals surface area (Å²) in [4.78, 5) is 8.44. The summed E-state index contributed by atoms with van der Waals surface area (Å²) in [6.45, 7) is 4.34. The predicted octanol–water partition coefficient (Wildman–Crippen LogP) is 8.38. The Balaban J connectivity index is 1.85. The lowest BCUT2D eigenvalue weighted by molar-refractivity contribution is -0.183. The first-order valence-electron chi connectivity index (χ1n) is 12.0. The molecule has 0 spiro atoms. The highest BCUT2D eigenvalue weighted by Crippen LogP contribution is 2.27. The van der Waals surface area contributed by atoms with Gasteiger partial charge in [-0.15, -0.1) is 0 Å². The van der Waals surface area contributed by atoms with Crippen LogP contribution in [-0.4, -0.2) is 16.1 Å². The Morgan fingerprint density at radius 1 is 0.774 bits per heavy atom. The number of hydrogen-bond acceptors (Lipinski definition) is 3. The zero-order valence-corrected chi connectivity index (χ0v) is 19.2. The van der Waals surface area contributed by atoms with E-state index in [9.17, 15) is 8.78 Å².